The molecule has 0 aliphatic carbocycles. The Morgan fingerprint density at radius 1 is 0.800 bits per heavy atom. The van der Waals surface area contributed by atoms with Crippen LogP contribution in [0.15, 0.2) is 0 Å². The van der Waals surface area contributed by atoms with E-state index in [1.54, 1.807) is 11.6 Å². The molecule has 0 aromatic heterocycles. The molecule has 0 fully saturated rings. The molecule has 0 heterocycles. The van der Waals surface area contributed by atoms with E-state index in [-0.39, 0.29) is 0 Å². The molecule has 0 bridgehead atoms. The van der Waals surface area contributed by atoms with Gasteiger partial charge in [-0.3, -0.25) is 10.0 Å². The second-order valence-electron chi connectivity index (χ2n) is 2.32. The molecule has 0 atom stereocenters. The van der Waals surface area contributed by atoms with E-state index in [1.807, 2.05) is 0 Å². The minimum Gasteiger partial charge on any atom is -0.465 e. The molecule has 0 aliphatic rings. The fourth-order valence-electron chi connectivity index (χ4n) is 0.327. The van der Waals surface area contributed by atoms with Crippen molar-refractivity contribution in [3.05, 3.63) is 0 Å². The highest BCUT2D eigenvalue weighted by atomic mass is 32.2. The summed E-state index contributed by atoms with van der Waals surface area (Å²) in [5.41, 5.74) is 17.9. The van der Waals surface area contributed by atoms with E-state index >= 15 is 0 Å². The van der Waals surface area contributed by atoms with Crippen molar-refractivity contribution < 1.29 is 29.1 Å². The molecule has 0 radical (unpaired) electrons. The third-order valence-electron chi connectivity index (χ3n) is 0.679. The first-order valence-electron chi connectivity index (χ1n) is 4.26. The number of imide groups is 2. The SMILES string of the molecule is CSNC(N)=O.NC(=O)NC(=O)O.NC(=O)NC(N)=O. The van der Waals surface area contributed by atoms with Crippen LogP contribution in [0, 0.1) is 0 Å². The molecular formula is C6H15N7O6S. The predicted octanol–water partition coefficient (Wildman–Crippen LogP) is -2.00. The first-order chi connectivity index (χ1) is 9.02. The monoisotopic (exact) mass is 313 g/mol. The van der Waals surface area contributed by atoms with E-state index in [0.717, 1.165) is 0 Å². The Labute approximate surface area is 116 Å². The van der Waals surface area contributed by atoms with Crippen molar-refractivity contribution in [1.29, 1.82) is 0 Å². The van der Waals surface area contributed by atoms with Crippen LogP contribution >= 0.6 is 11.9 Å². The molecule has 0 unspecified atom stereocenters. The van der Waals surface area contributed by atoms with E-state index in [0.29, 0.717) is 0 Å². The number of amides is 9. The van der Waals surface area contributed by atoms with Gasteiger partial charge in [0.15, 0.2) is 0 Å². The molecule has 0 aromatic carbocycles. The van der Waals surface area contributed by atoms with Crippen molar-refractivity contribution in [2.24, 2.45) is 22.9 Å². The molecule has 116 valence electrons. The Morgan fingerprint density at radius 3 is 1.15 bits per heavy atom. The van der Waals surface area contributed by atoms with Crippen molar-refractivity contribution >= 4 is 42.2 Å². The van der Waals surface area contributed by atoms with E-state index in [1.165, 1.54) is 17.3 Å². The fourth-order valence-corrected chi connectivity index (χ4v) is 0.529. The lowest BCUT2D eigenvalue weighted by Crippen LogP contribution is -2.38. The zero-order valence-electron chi connectivity index (χ0n) is 10.2. The predicted molar refractivity (Wildman–Crippen MR) is 69.3 cm³/mol. The van der Waals surface area contributed by atoms with Gasteiger partial charge in [0.25, 0.3) is 0 Å². The highest BCUT2D eigenvalue weighted by molar-refractivity contribution is 7.97. The van der Waals surface area contributed by atoms with Crippen LogP contribution in [0.4, 0.5) is 24.0 Å². The van der Waals surface area contributed by atoms with Gasteiger partial charge in [-0.1, -0.05) is 11.9 Å². The molecule has 12 N–H and O–H groups in total. The van der Waals surface area contributed by atoms with Gasteiger partial charge < -0.3 is 28.0 Å². The van der Waals surface area contributed by atoms with Crippen LogP contribution in [-0.2, 0) is 0 Å². The lowest BCUT2D eigenvalue weighted by molar-refractivity contribution is 0.193. The average molecular weight is 313 g/mol. The van der Waals surface area contributed by atoms with Crippen molar-refractivity contribution in [2.45, 2.75) is 0 Å². The summed E-state index contributed by atoms with van der Waals surface area (Å²) in [6, 6.07) is -3.44. The third kappa shape index (κ3) is 45.8. The largest absolute Gasteiger partial charge is 0.465 e. The zero-order valence-corrected chi connectivity index (χ0v) is 11.0. The van der Waals surface area contributed by atoms with Gasteiger partial charge in [-0.25, -0.2) is 29.3 Å². The van der Waals surface area contributed by atoms with Crippen LogP contribution < -0.4 is 38.3 Å². The summed E-state index contributed by atoms with van der Waals surface area (Å²) in [6.07, 6.45) is 0.289. The minimum atomic E-state index is -1.44. The maximum atomic E-state index is 9.69. The number of hydrogen-bond donors (Lipinski definition) is 8. The summed E-state index contributed by atoms with van der Waals surface area (Å²) < 4.78 is 2.26. The zero-order chi connectivity index (χ0) is 16.7. The van der Waals surface area contributed by atoms with E-state index in [9.17, 15) is 24.0 Å². The smallest absolute Gasteiger partial charge is 0.412 e. The normalized spacial score (nSPS) is 7.45. The number of carboxylic acid groups (broad SMARTS) is 1. The molecule has 20 heavy (non-hydrogen) atoms. The molecule has 0 rings (SSSR count). The highest BCUT2D eigenvalue weighted by Crippen LogP contribution is 1.76. The summed E-state index contributed by atoms with van der Waals surface area (Å²) in [5, 5.41) is 10.6. The quantitative estimate of drug-likeness (QED) is 0.252. The van der Waals surface area contributed by atoms with Crippen LogP contribution in [0.25, 0.3) is 0 Å². The van der Waals surface area contributed by atoms with Crippen molar-refractivity contribution in [3.8, 4) is 0 Å². The van der Waals surface area contributed by atoms with Gasteiger partial charge in [0.2, 0.25) is 0 Å². The van der Waals surface area contributed by atoms with Gasteiger partial charge in [0, 0.05) is 6.26 Å². The average Bonchev–Trinajstić information content (AvgIpc) is 2.13. The number of primary amides is 4. The van der Waals surface area contributed by atoms with Crippen LogP contribution in [0.5, 0.6) is 0 Å². The van der Waals surface area contributed by atoms with Crippen LogP contribution in [0.1, 0.15) is 0 Å². The van der Waals surface area contributed by atoms with Crippen LogP contribution in [0.3, 0.4) is 0 Å². The van der Waals surface area contributed by atoms with Gasteiger partial charge in [0.1, 0.15) is 0 Å². The molecule has 0 aromatic rings. The van der Waals surface area contributed by atoms with Gasteiger partial charge in [0.05, 0.1) is 0 Å². The van der Waals surface area contributed by atoms with Gasteiger partial charge in [-0.05, 0) is 0 Å². The molecule has 0 saturated carbocycles. The second-order valence-corrected chi connectivity index (χ2v) is 2.93. The summed E-state index contributed by atoms with van der Waals surface area (Å²) in [4.78, 5) is 47.9. The number of carbonyl (C=O) groups is 5. The van der Waals surface area contributed by atoms with E-state index in [2.05, 4.69) is 27.7 Å². The van der Waals surface area contributed by atoms with Crippen LogP contribution in [-0.4, -0.2) is 41.6 Å². The topological polar surface area (TPSA) is 246 Å². The van der Waals surface area contributed by atoms with Crippen LogP contribution in [0.2, 0.25) is 0 Å². The lowest BCUT2D eigenvalue weighted by atomic mass is 10.9. The Hall–Kier alpha value is -2.90. The van der Waals surface area contributed by atoms with Crippen molar-refractivity contribution in [2.75, 3.05) is 6.26 Å². The Balaban J connectivity index is -0.000000218. The minimum absolute atomic E-state index is 0.498. The van der Waals surface area contributed by atoms with Gasteiger partial charge >= 0.3 is 30.2 Å². The van der Waals surface area contributed by atoms with Crippen molar-refractivity contribution in [1.82, 2.24) is 15.4 Å². The highest BCUT2D eigenvalue weighted by Gasteiger charge is 1.94. The molecule has 13 nitrogen and oxygen atoms in total. The first kappa shape index (κ1) is 22.3. The van der Waals surface area contributed by atoms with Gasteiger partial charge in [-0.2, -0.15) is 0 Å². The summed E-state index contributed by atoms with van der Waals surface area (Å²) in [5.74, 6) is 0. The summed E-state index contributed by atoms with van der Waals surface area (Å²) in [7, 11) is 0. The Kier molecular flexibility index (Phi) is 15.8. The number of nitrogens with two attached hydrogens (primary N) is 4. The number of rotatable bonds is 1. The Bertz CT molecular complexity index is 312. The number of carbonyl (C=O) groups excluding carboxylic acids is 4. The summed E-state index contributed by atoms with van der Waals surface area (Å²) >= 11 is 1.19. The molecule has 0 aliphatic heterocycles. The first-order valence-corrected chi connectivity index (χ1v) is 5.49. The molecule has 14 heteroatoms. The molecule has 0 saturated heterocycles. The summed E-state index contributed by atoms with van der Waals surface area (Å²) in [6.45, 7) is 0. The molecule has 0 spiro atoms. The van der Waals surface area contributed by atoms with Gasteiger partial charge in [-0.15, -0.1) is 0 Å². The maximum absolute atomic E-state index is 9.69. The lowest BCUT2D eigenvalue weighted by Gasteiger charge is -1.88. The fraction of sp³-hybridized carbons (Fsp3) is 0.167. The third-order valence-corrected chi connectivity index (χ3v) is 1.08. The molecule has 9 amide bonds. The maximum Gasteiger partial charge on any atom is 0.412 e. The Morgan fingerprint density at radius 2 is 1.15 bits per heavy atom. The number of nitrogens with one attached hydrogen (secondary N) is 3. The second kappa shape index (κ2) is 14.2. The molecular weight excluding hydrogens is 298 g/mol. The van der Waals surface area contributed by atoms with Crippen molar-refractivity contribution in [3.63, 3.8) is 0 Å². The number of urea groups is 4. The number of hydrogen-bond acceptors (Lipinski definition) is 6. The van der Waals surface area contributed by atoms with E-state index < -0.39 is 30.2 Å². The standard InChI is InChI=1S/C2H5N3O2.C2H4N2O3.C2H6N2OS/c3-1(6)5-2(4)7;3-1(5)4-2(6)7;1-6-4-2(3)5/h(H5,3,4,5,6,7);(H,6,7)(H3,3,4,5);1H3,(H3,3,4,5). The van der Waals surface area contributed by atoms with E-state index in [4.69, 9.17) is 5.11 Å².